The number of aromatic amines is 1. The molecule has 2 aromatic rings. The highest BCUT2D eigenvalue weighted by molar-refractivity contribution is 5.60. The molecule has 0 aliphatic carbocycles. The zero-order valence-corrected chi connectivity index (χ0v) is 7.73. The van der Waals surface area contributed by atoms with Crippen molar-refractivity contribution in [3.05, 3.63) is 24.0 Å². The lowest BCUT2D eigenvalue weighted by Gasteiger charge is -2.02. The van der Waals surface area contributed by atoms with Gasteiger partial charge in [-0.15, -0.1) is 5.10 Å². The summed E-state index contributed by atoms with van der Waals surface area (Å²) in [5.41, 5.74) is 1.93. The van der Waals surface area contributed by atoms with Crippen LogP contribution in [0.3, 0.4) is 0 Å². The molecule has 2 aromatic heterocycles. The van der Waals surface area contributed by atoms with Gasteiger partial charge in [-0.1, -0.05) is 5.21 Å². The molecule has 1 N–H and O–H groups in total. The second-order valence-corrected chi connectivity index (χ2v) is 2.83. The maximum absolute atomic E-state index is 8.80. The van der Waals surface area contributed by atoms with E-state index in [2.05, 4.69) is 15.4 Å². The summed E-state index contributed by atoms with van der Waals surface area (Å²) in [6.45, 7) is 2.88. The minimum absolute atomic E-state index is 0.401. The van der Waals surface area contributed by atoms with Crippen molar-refractivity contribution in [2.24, 2.45) is 0 Å². The van der Waals surface area contributed by atoms with Gasteiger partial charge >= 0.3 is 0 Å². The standard InChI is InChI=1S/C9H9N5/c1-2-14-5-3-4-8(14)9-7(6-10)11-13-12-9/h3-5H,2H2,1H3,(H,11,12,13). The Hall–Kier alpha value is -2.09. The van der Waals surface area contributed by atoms with Crippen LogP contribution >= 0.6 is 0 Å². The summed E-state index contributed by atoms with van der Waals surface area (Å²) in [5.74, 6) is 0. The summed E-state index contributed by atoms with van der Waals surface area (Å²) in [6.07, 6.45) is 1.95. The minimum Gasteiger partial charge on any atom is -0.346 e. The first-order valence-electron chi connectivity index (χ1n) is 4.33. The van der Waals surface area contributed by atoms with Gasteiger partial charge in [0.05, 0.1) is 5.69 Å². The molecule has 0 radical (unpaired) electrons. The van der Waals surface area contributed by atoms with E-state index in [1.165, 1.54) is 0 Å². The van der Waals surface area contributed by atoms with Crippen molar-refractivity contribution in [2.75, 3.05) is 0 Å². The first-order chi connectivity index (χ1) is 6.86. The maximum Gasteiger partial charge on any atom is 0.165 e. The van der Waals surface area contributed by atoms with Gasteiger partial charge in [0.2, 0.25) is 0 Å². The number of rotatable bonds is 2. The highest BCUT2D eigenvalue weighted by Crippen LogP contribution is 2.19. The fourth-order valence-electron chi connectivity index (χ4n) is 1.39. The van der Waals surface area contributed by atoms with Crippen LogP contribution in [0.2, 0.25) is 0 Å². The normalized spacial score (nSPS) is 10.0. The Kier molecular flexibility index (Phi) is 2.03. The van der Waals surface area contributed by atoms with Gasteiger partial charge in [0.1, 0.15) is 11.8 Å². The van der Waals surface area contributed by atoms with Gasteiger partial charge in [0.25, 0.3) is 0 Å². The highest BCUT2D eigenvalue weighted by atomic mass is 15.3. The summed E-state index contributed by atoms with van der Waals surface area (Å²) in [6, 6.07) is 5.87. The highest BCUT2D eigenvalue weighted by Gasteiger charge is 2.11. The third-order valence-corrected chi connectivity index (χ3v) is 2.07. The molecule has 14 heavy (non-hydrogen) atoms. The van der Waals surface area contributed by atoms with Crippen LogP contribution in [0.5, 0.6) is 0 Å². The van der Waals surface area contributed by atoms with Crippen LogP contribution in [0, 0.1) is 11.3 Å². The minimum atomic E-state index is 0.401. The maximum atomic E-state index is 8.80. The van der Waals surface area contributed by atoms with Crippen molar-refractivity contribution in [2.45, 2.75) is 13.5 Å². The molecule has 5 heteroatoms. The third-order valence-electron chi connectivity index (χ3n) is 2.07. The van der Waals surface area contributed by atoms with Gasteiger partial charge in [-0.05, 0) is 19.1 Å². The quantitative estimate of drug-likeness (QED) is 0.767. The van der Waals surface area contributed by atoms with Gasteiger partial charge in [-0.2, -0.15) is 5.26 Å². The van der Waals surface area contributed by atoms with Crippen molar-refractivity contribution >= 4 is 0 Å². The molecule has 0 spiro atoms. The number of nitrogens with zero attached hydrogens (tertiary/aromatic N) is 4. The predicted molar refractivity (Wildman–Crippen MR) is 50.2 cm³/mol. The summed E-state index contributed by atoms with van der Waals surface area (Å²) < 4.78 is 2.01. The van der Waals surface area contributed by atoms with E-state index in [0.717, 1.165) is 12.2 Å². The molecule has 0 atom stereocenters. The summed E-state index contributed by atoms with van der Waals surface area (Å²) >= 11 is 0. The van der Waals surface area contributed by atoms with E-state index in [-0.39, 0.29) is 0 Å². The Morgan fingerprint density at radius 2 is 2.50 bits per heavy atom. The van der Waals surface area contributed by atoms with Crippen LogP contribution in [-0.2, 0) is 6.54 Å². The van der Waals surface area contributed by atoms with Gasteiger partial charge in [-0.3, -0.25) is 0 Å². The van der Waals surface area contributed by atoms with E-state index in [0.29, 0.717) is 11.4 Å². The van der Waals surface area contributed by atoms with Crippen molar-refractivity contribution in [1.82, 2.24) is 20.0 Å². The fourth-order valence-corrected chi connectivity index (χ4v) is 1.39. The molecule has 70 valence electrons. The van der Waals surface area contributed by atoms with Crippen LogP contribution in [0.25, 0.3) is 11.4 Å². The second kappa shape index (κ2) is 3.34. The fraction of sp³-hybridized carbons (Fsp3) is 0.222. The number of H-pyrrole nitrogens is 1. The lowest BCUT2D eigenvalue weighted by atomic mass is 10.2. The van der Waals surface area contributed by atoms with E-state index in [4.69, 9.17) is 5.26 Å². The molecule has 2 rings (SSSR count). The summed E-state index contributed by atoms with van der Waals surface area (Å²) in [4.78, 5) is 0. The lowest BCUT2D eigenvalue weighted by molar-refractivity contribution is 0.773. The van der Waals surface area contributed by atoms with Gasteiger partial charge in [0, 0.05) is 12.7 Å². The van der Waals surface area contributed by atoms with E-state index in [1.807, 2.05) is 35.9 Å². The molecule has 0 amide bonds. The molecule has 5 nitrogen and oxygen atoms in total. The molecular formula is C9H9N5. The number of hydrogen-bond acceptors (Lipinski definition) is 3. The van der Waals surface area contributed by atoms with Crippen molar-refractivity contribution in [3.63, 3.8) is 0 Å². The first-order valence-corrected chi connectivity index (χ1v) is 4.33. The van der Waals surface area contributed by atoms with Crippen LogP contribution in [-0.4, -0.2) is 20.0 Å². The van der Waals surface area contributed by atoms with E-state index < -0.39 is 0 Å². The SMILES string of the molecule is CCn1cccc1-c1nn[nH]c1C#N. The van der Waals surface area contributed by atoms with E-state index in [9.17, 15) is 0 Å². The molecule has 0 aliphatic heterocycles. The van der Waals surface area contributed by atoms with Crippen molar-refractivity contribution in [1.29, 1.82) is 5.26 Å². The van der Waals surface area contributed by atoms with Gasteiger partial charge < -0.3 is 4.57 Å². The zero-order valence-electron chi connectivity index (χ0n) is 7.73. The van der Waals surface area contributed by atoms with Gasteiger partial charge in [-0.25, -0.2) is 5.10 Å². The number of nitriles is 1. The molecule has 0 saturated heterocycles. The smallest absolute Gasteiger partial charge is 0.165 e. The van der Waals surface area contributed by atoms with Crippen molar-refractivity contribution in [3.8, 4) is 17.5 Å². The van der Waals surface area contributed by atoms with Crippen LogP contribution in [0.4, 0.5) is 0 Å². The average molecular weight is 187 g/mol. The summed E-state index contributed by atoms with van der Waals surface area (Å²) in [5, 5.41) is 18.9. The molecule has 0 bridgehead atoms. The van der Waals surface area contributed by atoms with Crippen molar-refractivity contribution < 1.29 is 0 Å². The Morgan fingerprint density at radius 3 is 3.21 bits per heavy atom. The zero-order chi connectivity index (χ0) is 9.97. The average Bonchev–Trinajstić information content (AvgIpc) is 2.85. The van der Waals surface area contributed by atoms with Crippen LogP contribution < -0.4 is 0 Å². The molecule has 0 saturated carbocycles. The molecule has 0 aromatic carbocycles. The molecule has 2 heterocycles. The monoisotopic (exact) mass is 187 g/mol. The number of nitrogens with one attached hydrogen (secondary N) is 1. The number of aromatic nitrogens is 4. The van der Waals surface area contributed by atoms with Gasteiger partial charge in [0.15, 0.2) is 5.69 Å². The Morgan fingerprint density at radius 1 is 1.64 bits per heavy atom. The molecule has 0 fully saturated rings. The van der Waals surface area contributed by atoms with Crippen LogP contribution in [0.1, 0.15) is 12.6 Å². The third kappa shape index (κ3) is 1.17. The lowest BCUT2D eigenvalue weighted by Crippen LogP contribution is -1.96. The molecular weight excluding hydrogens is 178 g/mol. The number of hydrogen-bond donors (Lipinski definition) is 1. The predicted octanol–water partition coefficient (Wildman–Crippen LogP) is 1.16. The topological polar surface area (TPSA) is 70.3 Å². The van der Waals surface area contributed by atoms with E-state index >= 15 is 0 Å². The number of aryl methyl sites for hydroxylation is 1. The van der Waals surface area contributed by atoms with E-state index in [1.54, 1.807) is 0 Å². The Balaban J connectivity index is 2.55. The summed E-state index contributed by atoms with van der Waals surface area (Å²) in [7, 11) is 0. The first kappa shape index (κ1) is 8.51. The Labute approximate surface area is 81.0 Å². The molecule has 0 unspecified atom stereocenters. The molecule has 0 aliphatic rings. The second-order valence-electron chi connectivity index (χ2n) is 2.83. The van der Waals surface area contributed by atoms with Crippen LogP contribution in [0.15, 0.2) is 18.3 Å². The largest absolute Gasteiger partial charge is 0.346 e. The Bertz CT molecular complexity index is 473.